The molecule has 1 aromatic carbocycles. The molecule has 0 spiro atoms. The number of benzene rings is 1. The first-order valence-electron chi connectivity index (χ1n) is 6.93. The third-order valence-electron chi connectivity index (χ3n) is 3.49. The van der Waals surface area contributed by atoms with Crippen molar-refractivity contribution in [1.82, 2.24) is 5.32 Å². The Morgan fingerprint density at radius 1 is 1.32 bits per heavy atom. The van der Waals surface area contributed by atoms with Crippen LogP contribution in [-0.4, -0.2) is 38.6 Å². The number of phenolic OH excluding ortho intramolecular Hbond substituents is 1. The minimum atomic E-state index is 0.367. The predicted molar refractivity (Wildman–Crippen MR) is 74.5 cm³/mol. The van der Waals surface area contributed by atoms with Gasteiger partial charge in [-0.2, -0.15) is 0 Å². The Labute approximate surface area is 114 Å². The summed E-state index contributed by atoms with van der Waals surface area (Å²) in [6.07, 6.45) is 3.17. The second-order valence-electron chi connectivity index (χ2n) is 4.89. The minimum Gasteiger partial charge on any atom is -0.508 e. The van der Waals surface area contributed by atoms with Gasteiger partial charge in [0, 0.05) is 19.8 Å². The van der Waals surface area contributed by atoms with Gasteiger partial charge in [0.15, 0.2) is 0 Å². The summed E-state index contributed by atoms with van der Waals surface area (Å²) in [7, 11) is 1.68. The van der Waals surface area contributed by atoms with E-state index in [9.17, 15) is 5.11 Å². The summed E-state index contributed by atoms with van der Waals surface area (Å²) in [5, 5.41) is 13.0. The second-order valence-corrected chi connectivity index (χ2v) is 4.89. The largest absolute Gasteiger partial charge is 0.508 e. The average molecular weight is 265 g/mol. The lowest BCUT2D eigenvalue weighted by molar-refractivity contribution is 0.0692. The average Bonchev–Trinajstić information content (AvgIpc) is 2.80. The molecule has 2 N–H and O–H groups in total. The van der Waals surface area contributed by atoms with Gasteiger partial charge in [-0.05, 0) is 49.1 Å². The number of aromatic hydroxyl groups is 1. The number of fused-ring (bicyclic) bond motifs is 1. The topological polar surface area (TPSA) is 50.7 Å². The Kier molecular flexibility index (Phi) is 5.63. The summed E-state index contributed by atoms with van der Waals surface area (Å²) in [6.45, 7) is 3.05. The number of phenols is 1. The van der Waals surface area contributed by atoms with E-state index in [0.29, 0.717) is 25.0 Å². The maximum Gasteiger partial charge on any atom is 0.115 e. The van der Waals surface area contributed by atoms with Crippen LogP contribution in [0.2, 0.25) is 0 Å². The standard InChI is InChI=1S/C15H23NO3/c1-18-9-10-19-8-2-7-16-15-6-3-12-11-13(17)4-5-14(12)15/h4-5,11,15-17H,2-3,6-10H2,1H3. The van der Waals surface area contributed by atoms with Crippen LogP contribution in [0.15, 0.2) is 18.2 Å². The van der Waals surface area contributed by atoms with Gasteiger partial charge < -0.3 is 19.9 Å². The number of hydrogen-bond donors (Lipinski definition) is 2. The van der Waals surface area contributed by atoms with Gasteiger partial charge in [0.1, 0.15) is 5.75 Å². The van der Waals surface area contributed by atoms with Gasteiger partial charge in [-0.3, -0.25) is 0 Å². The van der Waals surface area contributed by atoms with E-state index in [4.69, 9.17) is 9.47 Å². The van der Waals surface area contributed by atoms with E-state index in [1.165, 1.54) is 11.1 Å². The first kappa shape index (κ1) is 14.3. The molecule has 1 atom stereocenters. The molecule has 0 saturated heterocycles. The first-order valence-corrected chi connectivity index (χ1v) is 6.93. The van der Waals surface area contributed by atoms with Crippen molar-refractivity contribution in [2.75, 3.05) is 33.5 Å². The van der Waals surface area contributed by atoms with Crippen molar-refractivity contribution >= 4 is 0 Å². The van der Waals surface area contributed by atoms with Gasteiger partial charge in [0.25, 0.3) is 0 Å². The Balaban J connectivity index is 1.66. The minimum absolute atomic E-state index is 0.367. The highest BCUT2D eigenvalue weighted by molar-refractivity contribution is 5.39. The van der Waals surface area contributed by atoms with Gasteiger partial charge >= 0.3 is 0 Å². The number of methoxy groups -OCH3 is 1. The monoisotopic (exact) mass is 265 g/mol. The van der Waals surface area contributed by atoms with Crippen molar-refractivity contribution in [3.8, 4) is 5.75 Å². The molecule has 0 amide bonds. The van der Waals surface area contributed by atoms with Crippen LogP contribution in [0.4, 0.5) is 0 Å². The molecule has 0 fully saturated rings. The van der Waals surface area contributed by atoms with Crippen LogP contribution in [0.5, 0.6) is 5.75 Å². The van der Waals surface area contributed by atoms with E-state index in [1.807, 2.05) is 12.1 Å². The maximum absolute atomic E-state index is 9.45. The number of hydrogen-bond acceptors (Lipinski definition) is 4. The van der Waals surface area contributed by atoms with Crippen LogP contribution in [0.25, 0.3) is 0 Å². The number of nitrogens with one attached hydrogen (secondary N) is 1. The van der Waals surface area contributed by atoms with Gasteiger partial charge in [-0.25, -0.2) is 0 Å². The number of rotatable bonds is 8. The molecule has 19 heavy (non-hydrogen) atoms. The Hall–Kier alpha value is -1.10. The third kappa shape index (κ3) is 4.20. The molecule has 4 nitrogen and oxygen atoms in total. The van der Waals surface area contributed by atoms with E-state index in [-0.39, 0.29) is 0 Å². The van der Waals surface area contributed by atoms with Crippen molar-refractivity contribution in [2.24, 2.45) is 0 Å². The van der Waals surface area contributed by atoms with Crippen LogP contribution in [0.1, 0.15) is 30.0 Å². The first-order chi connectivity index (χ1) is 9.31. The van der Waals surface area contributed by atoms with Gasteiger partial charge in [-0.1, -0.05) is 6.07 Å². The molecule has 106 valence electrons. The molecule has 0 heterocycles. The summed E-state index contributed by atoms with van der Waals surface area (Å²) >= 11 is 0. The van der Waals surface area contributed by atoms with Crippen LogP contribution in [-0.2, 0) is 15.9 Å². The number of ether oxygens (including phenoxy) is 2. The lowest BCUT2D eigenvalue weighted by atomic mass is 10.1. The zero-order chi connectivity index (χ0) is 13.5. The van der Waals surface area contributed by atoms with Crippen LogP contribution in [0, 0.1) is 0 Å². The van der Waals surface area contributed by atoms with Crippen LogP contribution >= 0.6 is 0 Å². The summed E-state index contributed by atoms with van der Waals surface area (Å²) in [6, 6.07) is 6.11. The highest BCUT2D eigenvalue weighted by Gasteiger charge is 2.21. The predicted octanol–water partition coefficient (Wildman–Crippen LogP) is 2.02. The summed E-state index contributed by atoms with van der Waals surface area (Å²) in [5.74, 6) is 0.367. The summed E-state index contributed by atoms with van der Waals surface area (Å²) in [4.78, 5) is 0. The summed E-state index contributed by atoms with van der Waals surface area (Å²) in [5.41, 5.74) is 2.60. The van der Waals surface area contributed by atoms with Crippen molar-refractivity contribution in [3.63, 3.8) is 0 Å². The fourth-order valence-electron chi connectivity index (χ4n) is 2.51. The van der Waals surface area contributed by atoms with Crippen molar-refractivity contribution in [1.29, 1.82) is 0 Å². The lowest BCUT2D eigenvalue weighted by Crippen LogP contribution is -2.21. The van der Waals surface area contributed by atoms with E-state index in [0.717, 1.165) is 32.4 Å². The molecule has 0 aromatic heterocycles. The molecule has 0 saturated carbocycles. The highest BCUT2D eigenvalue weighted by Crippen LogP contribution is 2.32. The molecular formula is C15H23NO3. The van der Waals surface area contributed by atoms with E-state index in [2.05, 4.69) is 5.32 Å². The fourth-order valence-corrected chi connectivity index (χ4v) is 2.51. The Bertz CT molecular complexity index is 395. The molecule has 0 aliphatic heterocycles. The smallest absolute Gasteiger partial charge is 0.115 e. The fraction of sp³-hybridized carbons (Fsp3) is 0.600. The number of aryl methyl sites for hydroxylation is 1. The second kappa shape index (κ2) is 7.48. The van der Waals surface area contributed by atoms with Crippen molar-refractivity contribution in [2.45, 2.75) is 25.3 Å². The molecule has 0 radical (unpaired) electrons. The van der Waals surface area contributed by atoms with Crippen LogP contribution < -0.4 is 5.32 Å². The summed E-state index contributed by atoms with van der Waals surface area (Å²) < 4.78 is 10.3. The Morgan fingerprint density at radius 2 is 2.21 bits per heavy atom. The van der Waals surface area contributed by atoms with E-state index in [1.54, 1.807) is 13.2 Å². The lowest BCUT2D eigenvalue weighted by Gasteiger charge is -2.14. The van der Waals surface area contributed by atoms with Crippen molar-refractivity contribution < 1.29 is 14.6 Å². The van der Waals surface area contributed by atoms with E-state index >= 15 is 0 Å². The zero-order valence-electron chi connectivity index (χ0n) is 11.5. The van der Waals surface area contributed by atoms with Gasteiger partial charge in [0.2, 0.25) is 0 Å². The molecule has 1 unspecified atom stereocenters. The molecule has 1 aromatic rings. The molecule has 1 aliphatic rings. The van der Waals surface area contributed by atoms with Crippen molar-refractivity contribution in [3.05, 3.63) is 29.3 Å². The molecule has 4 heteroatoms. The van der Waals surface area contributed by atoms with E-state index < -0.39 is 0 Å². The third-order valence-corrected chi connectivity index (χ3v) is 3.49. The quantitative estimate of drug-likeness (QED) is 0.706. The normalized spacial score (nSPS) is 17.6. The molecular weight excluding hydrogens is 242 g/mol. The molecule has 0 bridgehead atoms. The Morgan fingerprint density at radius 3 is 3.05 bits per heavy atom. The maximum atomic E-state index is 9.45. The molecule has 2 rings (SSSR count). The zero-order valence-corrected chi connectivity index (χ0v) is 11.5. The highest BCUT2D eigenvalue weighted by atomic mass is 16.5. The van der Waals surface area contributed by atoms with Crippen LogP contribution in [0.3, 0.4) is 0 Å². The van der Waals surface area contributed by atoms with Gasteiger partial charge in [0.05, 0.1) is 13.2 Å². The van der Waals surface area contributed by atoms with Gasteiger partial charge in [-0.15, -0.1) is 0 Å². The molecule has 1 aliphatic carbocycles. The SMILES string of the molecule is COCCOCCCNC1CCc2cc(O)ccc21.